The Morgan fingerprint density at radius 1 is 1.00 bits per heavy atom. The average molecular weight is 254 g/mol. The third-order valence-corrected chi connectivity index (χ3v) is 3.62. The van der Waals surface area contributed by atoms with Crippen molar-refractivity contribution in [2.75, 3.05) is 13.1 Å². The van der Waals surface area contributed by atoms with Crippen molar-refractivity contribution in [2.24, 2.45) is 5.10 Å². The second kappa shape index (κ2) is 5.31. The van der Waals surface area contributed by atoms with E-state index in [0.29, 0.717) is 5.75 Å². The molecule has 0 atom stereocenters. The molecule has 98 valence electrons. The smallest absolute Gasteiger partial charge is 0.132 e. The van der Waals surface area contributed by atoms with Crippen LogP contribution in [0.15, 0.2) is 41.5 Å². The summed E-state index contributed by atoms with van der Waals surface area (Å²) in [5.74, 6) is 0.318. The molecule has 0 spiro atoms. The van der Waals surface area contributed by atoms with E-state index in [1.165, 1.54) is 19.3 Å². The minimum absolute atomic E-state index is 0.318. The van der Waals surface area contributed by atoms with Gasteiger partial charge >= 0.3 is 0 Å². The van der Waals surface area contributed by atoms with Gasteiger partial charge in [0.15, 0.2) is 0 Å². The number of hydrogen-bond donors (Lipinski definition) is 1. The minimum atomic E-state index is 0.318. The number of hydrazone groups is 1. The molecule has 1 saturated heterocycles. The number of hydrogen-bond acceptors (Lipinski definition) is 3. The maximum absolute atomic E-state index is 10.3. The van der Waals surface area contributed by atoms with Crippen LogP contribution < -0.4 is 0 Å². The van der Waals surface area contributed by atoms with Crippen molar-refractivity contribution in [3.8, 4) is 5.75 Å². The van der Waals surface area contributed by atoms with Crippen LogP contribution >= 0.6 is 0 Å². The van der Waals surface area contributed by atoms with Gasteiger partial charge in [0.1, 0.15) is 5.75 Å². The third-order valence-electron chi connectivity index (χ3n) is 3.62. The van der Waals surface area contributed by atoms with Crippen molar-refractivity contribution >= 4 is 17.0 Å². The zero-order valence-electron chi connectivity index (χ0n) is 10.9. The predicted octanol–water partition coefficient (Wildman–Crippen LogP) is 3.37. The number of piperidine rings is 1. The molecule has 1 aliphatic rings. The van der Waals surface area contributed by atoms with Gasteiger partial charge in [0.25, 0.3) is 0 Å². The van der Waals surface area contributed by atoms with E-state index in [9.17, 15) is 5.11 Å². The molecule has 1 aliphatic heterocycles. The van der Waals surface area contributed by atoms with E-state index in [4.69, 9.17) is 0 Å². The number of phenols is 1. The first-order chi connectivity index (χ1) is 9.34. The van der Waals surface area contributed by atoms with Gasteiger partial charge in [0.05, 0.1) is 6.21 Å². The topological polar surface area (TPSA) is 35.8 Å². The van der Waals surface area contributed by atoms with Gasteiger partial charge in [-0.2, -0.15) is 5.10 Å². The normalized spacial score (nSPS) is 16.3. The molecule has 3 rings (SSSR count). The molecule has 0 radical (unpaired) electrons. The molecule has 3 nitrogen and oxygen atoms in total. The Bertz CT molecular complexity index is 601. The molecule has 0 aliphatic carbocycles. The molecule has 2 aromatic carbocycles. The fourth-order valence-corrected chi connectivity index (χ4v) is 2.51. The highest BCUT2D eigenvalue weighted by molar-refractivity contribution is 5.96. The minimum Gasteiger partial charge on any atom is -0.507 e. The van der Waals surface area contributed by atoms with Crippen LogP contribution in [0.25, 0.3) is 10.8 Å². The lowest BCUT2D eigenvalue weighted by atomic mass is 10.1. The predicted molar refractivity (Wildman–Crippen MR) is 78.6 cm³/mol. The maximum Gasteiger partial charge on any atom is 0.132 e. The Labute approximate surface area is 113 Å². The monoisotopic (exact) mass is 254 g/mol. The molecule has 2 aromatic rings. The van der Waals surface area contributed by atoms with Gasteiger partial charge < -0.3 is 5.11 Å². The highest BCUT2D eigenvalue weighted by Gasteiger charge is 2.08. The second-order valence-corrected chi connectivity index (χ2v) is 4.98. The summed E-state index contributed by atoms with van der Waals surface area (Å²) in [6, 6.07) is 11.8. The first kappa shape index (κ1) is 12.0. The molecule has 19 heavy (non-hydrogen) atoms. The lowest BCUT2D eigenvalue weighted by Crippen LogP contribution is -2.24. The maximum atomic E-state index is 10.3. The van der Waals surface area contributed by atoms with Crippen molar-refractivity contribution < 1.29 is 5.11 Å². The van der Waals surface area contributed by atoms with Gasteiger partial charge in [-0.25, -0.2) is 0 Å². The molecular formula is C16H18N2O. The van der Waals surface area contributed by atoms with E-state index in [1.54, 1.807) is 6.21 Å². The summed E-state index contributed by atoms with van der Waals surface area (Å²) >= 11 is 0. The van der Waals surface area contributed by atoms with Crippen LogP contribution in [0.5, 0.6) is 5.75 Å². The number of nitrogens with zero attached hydrogens (tertiary/aromatic N) is 2. The zero-order valence-corrected chi connectivity index (χ0v) is 10.9. The molecular weight excluding hydrogens is 236 g/mol. The van der Waals surface area contributed by atoms with Gasteiger partial charge in [-0.15, -0.1) is 0 Å². The van der Waals surface area contributed by atoms with Crippen molar-refractivity contribution in [1.82, 2.24) is 5.01 Å². The SMILES string of the molecule is Oc1c(/C=N/N2CCCCC2)ccc2ccccc12. The van der Waals surface area contributed by atoms with E-state index >= 15 is 0 Å². The third kappa shape index (κ3) is 2.55. The highest BCUT2D eigenvalue weighted by Crippen LogP contribution is 2.27. The first-order valence-corrected chi connectivity index (χ1v) is 6.84. The fraction of sp³-hybridized carbons (Fsp3) is 0.312. The van der Waals surface area contributed by atoms with Gasteiger partial charge in [0.2, 0.25) is 0 Å². The van der Waals surface area contributed by atoms with Crippen LogP contribution in [-0.2, 0) is 0 Å². The molecule has 1 fully saturated rings. The van der Waals surface area contributed by atoms with E-state index in [2.05, 4.69) is 10.1 Å². The van der Waals surface area contributed by atoms with Crippen molar-refractivity contribution in [1.29, 1.82) is 0 Å². The summed E-state index contributed by atoms with van der Waals surface area (Å²) in [6.07, 6.45) is 5.49. The van der Waals surface area contributed by atoms with Gasteiger partial charge in [-0.05, 0) is 30.7 Å². The molecule has 1 N–H and O–H groups in total. The lowest BCUT2D eigenvalue weighted by Gasteiger charge is -2.23. The van der Waals surface area contributed by atoms with Crippen LogP contribution in [0.3, 0.4) is 0 Å². The number of rotatable bonds is 2. The number of fused-ring (bicyclic) bond motifs is 1. The molecule has 0 amide bonds. The molecule has 1 heterocycles. The second-order valence-electron chi connectivity index (χ2n) is 4.98. The zero-order chi connectivity index (χ0) is 13.1. The summed E-state index contributed by atoms with van der Waals surface area (Å²) in [6.45, 7) is 2.04. The summed E-state index contributed by atoms with van der Waals surface area (Å²) in [7, 11) is 0. The van der Waals surface area contributed by atoms with Gasteiger partial charge in [-0.1, -0.05) is 30.3 Å². The van der Waals surface area contributed by atoms with E-state index in [0.717, 1.165) is 29.4 Å². The average Bonchev–Trinajstić information content (AvgIpc) is 2.48. The number of aromatic hydroxyl groups is 1. The quantitative estimate of drug-likeness (QED) is 0.834. The Morgan fingerprint density at radius 2 is 1.79 bits per heavy atom. The number of benzene rings is 2. The first-order valence-electron chi connectivity index (χ1n) is 6.84. The summed E-state index contributed by atoms with van der Waals surface area (Å²) in [5, 5.41) is 18.8. The molecule has 0 bridgehead atoms. The van der Waals surface area contributed by atoms with Crippen molar-refractivity contribution in [3.63, 3.8) is 0 Å². The standard InChI is InChI=1S/C16H18N2O/c19-16-14(12-17-18-10-4-1-5-11-18)9-8-13-6-2-3-7-15(13)16/h2-3,6-9,12,19H,1,4-5,10-11H2/b17-12+. The molecule has 3 heteroatoms. The Hall–Kier alpha value is -2.03. The van der Waals surface area contributed by atoms with Crippen LogP contribution in [0.2, 0.25) is 0 Å². The fourth-order valence-electron chi connectivity index (χ4n) is 2.51. The summed E-state index contributed by atoms with van der Waals surface area (Å²) in [5.41, 5.74) is 0.782. The van der Waals surface area contributed by atoms with E-state index in [1.807, 2.05) is 36.4 Å². The van der Waals surface area contributed by atoms with Crippen molar-refractivity contribution in [2.45, 2.75) is 19.3 Å². The van der Waals surface area contributed by atoms with E-state index in [-0.39, 0.29) is 0 Å². The molecule has 0 saturated carbocycles. The Morgan fingerprint density at radius 3 is 2.63 bits per heavy atom. The number of phenolic OH excluding ortho intramolecular Hbond substituents is 1. The summed E-state index contributed by atoms with van der Waals surface area (Å²) in [4.78, 5) is 0. The van der Waals surface area contributed by atoms with Crippen LogP contribution in [0.1, 0.15) is 24.8 Å². The molecule has 0 unspecified atom stereocenters. The van der Waals surface area contributed by atoms with Crippen LogP contribution in [-0.4, -0.2) is 29.4 Å². The Kier molecular flexibility index (Phi) is 3.36. The lowest BCUT2D eigenvalue weighted by molar-refractivity contribution is 0.240. The van der Waals surface area contributed by atoms with Crippen molar-refractivity contribution in [3.05, 3.63) is 42.0 Å². The Balaban J connectivity index is 1.88. The largest absolute Gasteiger partial charge is 0.507 e. The van der Waals surface area contributed by atoms with E-state index < -0.39 is 0 Å². The summed E-state index contributed by atoms with van der Waals surface area (Å²) < 4.78 is 0. The highest BCUT2D eigenvalue weighted by atomic mass is 16.3. The van der Waals surface area contributed by atoms with Gasteiger partial charge in [0, 0.05) is 24.0 Å². The van der Waals surface area contributed by atoms with Crippen LogP contribution in [0, 0.1) is 0 Å². The van der Waals surface area contributed by atoms with Gasteiger partial charge in [-0.3, -0.25) is 5.01 Å². The molecule has 0 aromatic heterocycles. The van der Waals surface area contributed by atoms with Crippen LogP contribution in [0.4, 0.5) is 0 Å².